The molecule has 10 nitrogen and oxygen atoms in total. The molecular weight excluding hydrogens is 534 g/mol. The third-order valence-electron chi connectivity index (χ3n) is 6.17. The molecule has 1 unspecified atom stereocenters. The lowest BCUT2D eigenvalue weighted by molar-refractivity contribution is -0.132. The molecule has 3 heterocycles. The summed E-state index contributed by atoms with van der Waals surface area (Å²) in [6.07, 6.45) is 6.20. The van der Waals surface area contributed by atoms with Gasteiger partial charge < -0.3 is 19.3 Å². The van der Waals surface area contributed by atoms with Gasteiger partial charge in [-0.1, -0.05) is 43.4 Å². The van der Waals surface area contributed by atoms with Crippen molar-refractivity contribution in [3.63, 3.8) is 0 Å². The fourth-order valence-electron chi connectivity index (χ4n) is 4.19. The van der Waals surface area contributed by atoms with E-state index in [1.807, 2.05) is 0 Å². The molecule has 0 radical (unpaired) electrons. The summed E-state index contributed by atoms with van der Waals surface area (Å²) < 4.78 is 16.6. The highest BCUT2D eigenvalue weighted by Crippen LogP contribution is 2.45. The molecule has 0 bridgehead atoms. The highest BCUT2D eigenvalue weighted by atomic mass is 32.1. The minimum atomic E-state index is -1.07. The second-order valence-corrected chi connectivity index (χ2v) is 9.79. The van der Waals surface area contributed by atoms with Gasteiger partial charge in [0.05, 0.1) is 31.0 Å². The maximum absolute atomic E-state index is 13.5. The zero-order chi connectivity index (χ0) is 28.8. The van der Waals surface area contributed by atoms with Crippen LogP contribution in [0.15, 0.2) is 61.0 Å². The van der Waals surface area contributed by atoms with Gasteiger partial charge in [0.1, 0.15) is 17.2 Å². The van der Waals surface area contributed by atoms with Crippen molar-refractivity contribution in [2.24, 2.45) is 0 Å². The first-order chi connectivity index (χ1) is 19.3. The second kappa shape index (κ2) is 12.6. The molecule has 1 fully saturated rings. The molecule has 1 N–H and O–H groups in total. The number of anilines is 1. The summed E-state index contributed by atoms with van der Waals surface area (Å²) in [4.78, 5) is 49.3. The summed E-state index contributed by atoms with van der Waals surface area (Å²) in [6.45, 7) is 7.71. The number of Topliss-reactive ketones (excluding diaryl/α,β-unsaturated/α-hetero) is 1. The number of benzene rings is 1. The summed E-state index contributed by atoms with van der Waals surface area (Å²) in [6, 6.07) is 7.05. The number of ether oxygens (including phenoxy) is 3. The van der Waals surface area contributed by atoms with Crippen LogP contribution in [0.3, 0.4) is 0 Å². The molecule has 1 aromatic carbocycles. The van der Waals surface area contributed by atoms with E-state index in [0.717, 1.165) is 24.2 Å². The van der Waals surface area contributed by atoms with E-state index in [1.165, 1.54) is 42.6 Å². The first-order valence-electron chi connectivity index (χ1n) is 12.6. The highest BCUT2D eigenvalue weighted by molar-refractivity contribution is 7.17. The largest absolute Gasteiger partial charge is 0.507 e. The standard InChI is InChI=1S/C29H29N3O7S/c1-5-7-15-38-20-9-8-19(16-21(20)37-4)23-22(24(33)18-10-12-30-13-11-18)25(34)27(35)32(23)29-31-17(3)26(40-29)28(36)39-14-6-2/h6,8-13,16,23,33H,2,5,7,14-15H2,1,3-4H3/b24-22+. The first-order valence-corrected chi connectivity index (χ1v) is 13.4. The van der Waals surface area contributed by atoms with Crippen molar-refractivity contribution in [2.45, 2.75) is 32.7 Å². The molecule has 1 aliphatic rings. The fourth-order valence-corrected chi connectivity index (χ4v) is 5.17. The van der Waals surface area contributed by atoms with Gasteiger partial charge in [0.15, 0.2) is 16.6 Å². The van der Waals surface area contributed by atoms with Crippen LogP contribution in [0, 0.1) is 6.92 Å². The van der Waals surface area contributed by atoms with E-state index >= 15 is 0 Å². The highest BCUT2D eigenvalue weighted by Gasteiger charge is 2.48. The van der Waals surface area contributed by atoms with E-state index in [9.17, 15) is 19.5 Å². The molecule has 4 rings (SSSR count). The van der Waals surface area contributed by atoms with Crippen LogP contribution in [0.1, 0.15) is 52.3 Å². The molecule has 0 aliphatic carbocycles. The average Bonchev–Trinajstić information content (AvgIpc) is 3.48. The van der Waals surface area contributed by atoms with Crippen LogP contribution >= 0.6 is 11.3 Å². The van der Waals surface area contributed by atoms with Crippen molar-refractivity contribution in [1.82, 2.24) is 9.97 Å². The normalized spacial score (nSPS) is 16.2. The first kappa shape index (κ1) is 28.5. The lowest BCUT2D eigenvalue weighted by Gasteiger charge is -2.24. The number of pyridine rings is 1. The number of unbranched alkanes of at least 4 members (excludes halogenated alkanes) is 1. The zero-order valence-electron chi connectivity index (χ0n) is 22.4. The van der Waals surface area contributed by atoms with Gasteiger partial charge in [0.2, 0.25) is 0 Å². The van der Waals surface area contributed by atoms with Crippen molar-refractivity contribution in [3.05, 3.63) is 82.7 Å². The van der Waals surface area contributed by atoms with Crippen LogP contribution < -0.4 is 14.4 Å². The molecule has 40 heavy (non-hydrogen) atoms. The number of esters is 1. The SMILES string of the molecule is C=CCOC(=O)c1sc(N2C(=O)C(=O)/C(=C(/O)c3ccncc3)C2c2ccc(OCCCC)c(OC)c2)nc1C. The number of aromatic nitrogens is 2. The summed E-state index contributed by atoms with van der Waals surface area (Å²) in [5, 5.41) is 11.4. The van der Waals surface area contributed by atoms with Gasteiger partial charge in [0, 0.05) is 18.0 Å². The van der Waals surface area contributed by atoms with E-state index in [2.05, 4.69) is 23.5 Å². The Kier molecular flexibility index (Phi) is 8.95. The lowest BCUT2D eigenvalue weighted by atomic mass is 9.95. The number of hydrogen-bond donors (Lipinski definition) is 1. The topological polar surface area (TPSA) is 128 Å². The smallest absolute Gasteiger partial charge is 0.350 e. The predicted octanol–water partition coefficient (Wildman–Crippen LogP) is 5.00. The van der Waals surface area contributed by atoms with Crippen molar-refractivity contribution >= 4 is 39.9 Å². The number of rotatable bonds is 11. The number of thiazole rings is 1. The van der Waals surface area contributed by atoms with Gasteiger partial charge in [-0.3, -0.25) is 19.5 Å². The summed E-state index contributed by atoms with van der Waals surface area (Å²) in [7, 11) is 1.49. The quantitative estimate of drug-likeness (QED) is 0.0855. The molecule has 3 aromatic rings. The van der Waals surface area contributed by atoms with Crippen molar-refractivity contribution in [3.8, 4) is 11.5 Å². The summed E-state index contributed by atoms with van der Waals surface area (Å²) >= 11 is 0.919. The van der Waals surface area contributed by atoms with Crippen molar-refractivity contribution in [2.75, 3.05) is 25.2 Å². The van der Waals surface area contributed by atoms with E-state index in [-0.39, 0.29) is 27.9 Å². The zero-order valence-corrected chi connectivity index (χ0v) is 23.2. The molecule has 1 aliphatic heterocycles. The maximum atomic E-state index is 13.5. The number of methoxy groups -OCH3 is 1. The lowest BCUT2D eigenvalue weighted by Crippen LogP contribution is -2.29. The number of carbonyl (C=O) groups excluding carboxylic acids is 3. The van der Waals surface area contributed by atoms with Gasteiger partial charge in [0.25, 0.3) is 5.78 Å². The van der Waals surface area contributed by atoms with Gasteiger partial charge in [-0.05, 0) is 43.2 Å². The molecular formula is C29H29N3O7S. The second-order valence-electron chi connectivity index (χ2n) is 8.82. The van der Waals surface area contributed by atoms with E-state index in [0.29, 0.717) is 34.9 Å². The van der Waals surface area contributed by atoms with Crippen molar-refractivity contribution in [1.29, 1.82) is 0 Å². The van der Waals surface area contributed by atoms with Gasteiger partial charge in [-0.25, -0.2) is 9.78 Å². The Bertz CT molecular complexity index is 1470. The number of hydrogen-bond acceptors (Lipinski definition) is 10. The molecule has 208 valence electrons. The van der Waals surface area contributed by atoms with Gasteiger partial charge >= 0.3 is 11.9 Å². The van der Waals surface area contributed by atoms with E-state index in [1.54, 1.807) is 25.1 Å². The van der Waals surface area contributed by atoms with Crippen LogP contribution in [0.25, 0.3) is 5.76 Å². The summed E-state index contributed by atoms with van der Waals surface area (Å²) in [5.41, 5.74) is 0.981. The Morgan fingerprint density at radius 3 is 2.62 bits per heavy atom. The fraction of sp³-hybridized carbons (Fsp3) is 0.276. The summed E-state index contributed by atoms with van der Waals surface area (Å²) in [5.74, 6) is -1.89. The van der Waals surface area contributed by atoms with E-state index < -0.39 is 23.7 Å². The van der Waals surface area contributed by atoms with Crippen molar-refractivity contribution < 1.29 is 33.7 Å². The maximum Gasteiger partial charge on any atom is 0.350 e. The molecule has 2 aromatic heterocycles. The minimum absolute atomic E-state index is 0.00836. The Labute approximate surface area is 235 Å². The van der Waals surface area contributed by atoms with Gasteiger partial charge in [-0.15, -0.1) is 0 Å². The number of ketones is 1. The van der Waals surface area contributed by atoms with Crippen LogP contribution in [0.5, 0.6) is 11.5 Å². The third kappa shape index (κ3) is 5.59. The number of nitrogens with zero attached hydrogens (tertiary/aromatic N) is 3. The molecule has 1 amide bonds. The van der Waals surface area contributed by atoms with Crippen LogP contribution in [0.4, 0.5) is 5.13 Å². The monoisotopic (exact) mass is 563 g/mol. The van der Waals surface area contributed by atoms with Crippen LogP contribution in [-0.2, 0) is 14.3 Å². The van der Waals surface area contributed by atoms with E-state index in [4.69, 9.17) is 14.2 Å². The molecule has 11 heteroatoms. The van der Waals surface area contributed by atoms with Crippen LogP contribution in [0.2, 0.25) is 0 Å². The molecule has 1 atom stereocenters. The predicted molar refractivity (Wildman–Crippen MR) is 150 cm³/mol. The molecule has 0 spiro atoms. The number of carbonyl (C=O) groups is 3. The number of aryl methyl sites for hydroxylation is 1. The number of aliphatic hydroxyl groups excluding tert-OH is 1. The Balaban J connectivity index is 1.87. The average molecular weight is 564 g/mol. The Hall–Kier alpha value is -4.51. The Morgan fingerprint density at radius 1 is 1.20 bits per heavy atom. The minimum Gasteiger partial charge on any atom is -0.507 e. The van der Waals surface area contributed by atoms with Gasteiger partial charge in [-0.2, -0.15) is 0 Å². The number of amides is 1. The van der Waals surface area contributed by atoms with Crippen LogP contribution in [-0.4, -0.2) is 53.1 Å². The molecule has 0 saturated carbocycles. The third-order valence-corrected chi connectivity index (χ3v) is 7.30. The number of aliphatic hydroxyl groups is 1. The Morgan fingerprint density at radius 2 is 1.95 bits per heavy atom. The molecule has 1 saturated heterocycles.